The van der Waals surface area contributed by atoms with Crippen molar-refractivity contribution in [2.24, 2.45) is 0 Å². The van der Waals surface area contributed by atoms with Gasteiger partial charge in [-0.3, -0.25) is 4.79 Å². The minimum Gasteiger partial charge on any atom is -0.319 e. The molecule has 0 fully saturated rings. The topological polar surface area (TPSA) is 42.0 Å². The van der Waals surface area contributed by atoms with Crippen LogP contribution in [0.15, 0.2) is 41.0 Å². The molecular weight excluding hydrogens is 316 g/mol. The number of halogens is 2. The van der Waals surface area contributed by atoms with E-state index in [1.165, 1.54) is 0 Å². The second-order valence-electron chi connectivity index (χ2n) is 3.73. The van der Waals surface area contributed by atoms with Crippen LogP contribution in [0, 0.1) is 6.92 Å². The maximum atomic E-state index is 12.1. The monoisotopic (exact) mass is 324 g/mol. The Labute approximate surface area is 118 Å². The lowest BCUT2D eigenvalue weighted by Gasteiger charge is -2.09. The van der Waals surface area contributed by atoms with Crippen LogP contribution in [0.25, 0.3) is 0 Å². The number of nitrogens with one attached hydrogen (secondary N) is 1. The molecule has 0 aliphatic rings. The van der Waals surface area contributed by atoms with Gasteiger partial charge in [0.15, 0.2) is 5.15 Å². The molecule has 1 amide bonds. The Bertz CT molecular complexity index is 601. The Kier molecular flexibility index (Phi) is 3.99. The minimum absolute atomic E-state index is 0.222. The number of anilines is 1. The zero-order valence-electron chi connectivity index (χ0n) is 9.58. The van der Waals surface area contributed by atoms with Crippen molar-refractivity contribution in [2.75, 3.05) is 5.32 Å². The van der Waals surface area contributed by atoms with Gasteiger partial charge in [0.1, 0.15) is 0 Å². The zero-order valence-corrected chi connectivity index (χ0v) is 11.9. The number of aromatic nitrogens is 1. The quantitative estimate of drug-likeness (QED) is 0.846. The molecule has 0 saturated carbocycles. The predicted molar refractivity (Wildman–Crippen MR) is 76.1 cm³/mol. The molecule has 0 saturated heterocycles. The average Bonchev–Trinajstić information content (AvgIpc) is 2.35. The van der Waals surface area contributed by atoms with Gasteiger partial charge in [0.25, 0.3) is 5.91 Å². The van der Waals surface area contributed by atoms with E-state index in [2.05, 4.69) is 26.2 Å². The molecule has 0 aliphatic heterocycles. The van der Waals surface area contributed by atoms with Crippen molar-refractivity contribution in [1.29, 1.82) is 0 Å². The summed E-state index contributed by atoms with van der Waals surface area (Å²) >= 11 is 9.29. The summed E-state index contributed by atoms with van der Waals surface area (Å²) in [6.07, 6.45) is 1.57. The summed E-state index contributed by atoms with van der Waals surface area (Å²) in [6.45, 7) is 1.93. The summed E-state index contributed by atoms with van der Waals surface area (Å²) in [7, 11) is 0. The molecule has 1 aromatic heterocycles. The molecule has 3 nitrogen and oxygen atoms in total. The number of amides is 1. The highest BCUT2D eigenvalue weighted by Crippen LogP contribution is 2.23. The predicted octanol–water partition coefficient (Wildman–Crippen LogP) is 4.06. The summed E-state index contributed by atoms with van der Waals surface area (Å²) in [5.41, 5.74) is 2.06. The highest BCUT2D eigenvalue weighted by atomic mass is 79.9. The Hall–Kier alpha value is -1.39. The van der Waals surface area contributed by atoms with Crippen LogP contribution in [0.2, 0.25) is 5.15 Å². The van der Waals surface area contributed by atoms with Crippen LogP contribution >= 0.6 is 27.5 Å². The maximum absolute atomic E-state index is 12.1. The van der Waals surface area contributed by atoms with Gasteiger partial charge < -0.3 is 5.32 Å². The number of carbonyl (C=O) groups is 1. The van der Waals surface area contributed by atoms with E-state index < -0.39 is 0 Å². The largest absolute Gasteiger partial charge is 0.319 e. The first-order valence-corrected chi connectivity index (χ1v) is 6.43. The van der Waals surface area contributed by atoms with Gasteiger partial charge in [0, 0.05) is 10.7 Å². The van der Waals surface area contributed by atoms with E-state index in [0.29, 0.717) is 11.3 Å². The molecule has 2 aromatic rings. The van der Waals surface area contributed by atoms with Gasteiger partial charge in [-0.05, 0) is 46.6 Å². The Morgan fingerprint density at radius 1 is 1.33 bits per heavy atom. The zero-order chi connectivity index (χ0) is 13.1. The fourth-order valence-electron chi connectivity index (χ4n) is 1.49. The Morgan fingerprint density at radius 3 is 2.83 bits per heavy atom. The van der Waals surface area contributed by atoms with Gasteiger partial charge in [-0.2, -0.15) is 0 Å². The van der Waals surface area contributed by atoms with Crippen LogP contribution in [0.5, 0.6) is 0 Å². The Balaban J connectivity index is 2.28. The molecular formula is C13H10BrClN2O. The number of hydrogen-bond acceptors (Lipinski definition) is 2. The van der Waals surface area contributed by atoms with E-state index in [9.17, 15) is 4.79 Å². The van der Waals surface area contributed by atoms with E-state index in [1.807, 2.05) is 19.1 Å². The number of benzene rings is 1. The summed E-state index contributed by atoms with van der Waals surface area (Å²) in [6, 6.07) is 8.93. The number of nitrogens with zero attached hydrogens (tertiary/aromatic N) is 1. The number of aryl methyl sites for hydroxylation is 1. The van der Waals surface area contributed by atoms with Crippen molar-refractivity contribution in [3.05, 3.63) is 57.3 Å². The molecule has 1 N–H and O–H groups in total. The highest BCUT2D eigenvalue weighted by Gasteiger charge is 2.12. The Morgan fingerprint density at radius 2 is 2.11 bits per heavy atom. The van der Waals surface area contributed by atoms with Crippen LogP contribution < -0.4 is 5.32 Å². The van der Waals surface area contributed by atoms with Gasteiger partial charge in [-0.15, -0.1) is 0 Å². The van der Waals surface area contributed by atoms with Crippen molar-refractivity contribution < 1.29 is 4.79 Å². The molecule has 0 bridgehead atoms. The summed E-state index contributed by atoms with van der Waals surface area (Å²) in [5, 5.41) is 3.00. The molecule has 18 heavy (non-hydrogen) atoms. The lowest BCUT2D eigenvalue weighted by molar-refractivity contribution is 0.102. The molecule has 1 heterocycles. The number of carbonyl (C=O) groups excluding carboxylic acids is 1. The third-order valence-electron chi connectivity index (χ3n) is 2.44. The lowest BCUT2D eigenvalue weighted by Crippen LogP contribution is -2.13. The SMILES string of the molecule is Cc1cccc(C(=O)Nc2cccnc2Cl)c1Br. The number of rotatable bonds is 2. The van der Waals surface area contributed by atoms with Crippen molar-refractivity contribution in [1.82, 2.24) is 4.98 Å². The van der Waals surface area contributed by atoms with Gasteiger partial charge in [-0.25, -0.2) is 4.98 Å². The van der Waals surface area contributed by atoms with Crippen LogP contribution in [0.3, 0.4) is 0 Å². The molecule has 92 valence electrons. The van der Waals surface area contributed by atoms with E-state index in [0.717, 1.165) is 10.0 Å². The third-order valence-corrected chi connectivity index (χ3v) is 3.80. The minimum atomic E-state index is -0.222. The fourth-order valence-corrected chi connectivity index (χ4v) is 2.10. The van der Waals surface area contributed by atoms with E-state index >= 15 is 0 Å². The summed E-state index contributed by atoms with van der Waals surface area (Å²) in [5.74, 6) is -0.222. The third kappa shape index (κ3) is 2.71. The van der Waals surface area contributed by atoms with Crippen LogP contribution in [0.4, 0.5) is 5.69 Å². The molecule has 1 aromatic carbocycles. The lowest BCUT2D eigenvalue weighted by atomic mass is 10.1. The first-order valence-electron chi connectivity index (χ1n) is 5.26. The molecule has 0 radical (unpaired) electrons. The molecule has 0 unspecified atom stereocenters. The first kappa shape index (κ1) is 13.1. The standard InChI is InChI=1S/C13H10BrClN2O/c1-8-4-2-5-9(11(8)14)13(18)17-10-6-3-7-16-12(10)15/h2-7H,1H3,(H,17,18). The van der Waals surface area contributed by atoms with Crippen LogP contribution in [-0.2, 0) is 0 Å². The smallest absolute Gasteiger partial charge is 0.256 e. The van der Waals surface area contributed by atoms with Crippen molar-refractivity contribution in [3.63, 3.8) is 0 Å². The molecule has 2 rings (SSSR count). The van der Waals surface area contributed by atoms with Gasteiger partial charge in [-0.1, -0.05) is 23.7 Å². The van der Waals surface area contributed by atoms with Crippen LogP contribution in [-0.4, -0.2) is 10.9 Å². The van der Waals surface area contributed by atoms with Crippen molar-refractivity contribution >= 4 is 39.1 Å². The van der Waals surface area contributed by atoms with Crippen molar-refractivity contribution in [2.45, 2.75) is 6.92 Å². The van der Waals surface area contributed by atoms with Crippen molar-refractivity contribution in [3.8, 4) is 0 Å². The molecule has 5 heteroatoms. The summed E-state index contributed by atoms with van der Waals surface area (Å²) in [4.78, 5) is 16.0. The second-order valence-corrected chi connectivity index (χ2v) is 4.88. The van der Waals surface area contributed by atoms with Gasteiger partial charge >= 0.3 is 0 Å². The normalized spacial score (nSPS) is 10.2. The molecule has 0 spiro atoms. The van der Waals surface area contributed by atoms with Gasteiger partial charge in [0.2, 0.25) is 0 Å². The summed E-state index contributed by atoms with van der Waals surface area (Å²) < 4.78 is 0.780. The van der Waals surface area contributed by atoms with E-state index in [-0.39, 0.29) is 11.1 Å². The highest BCUT2D eigenvalue weighted by molar-refractivity contribution is 9.10. The van der Waals surface area contributed by atoms with Gasteiger partial charge in [0.05, 0.1) is 11.3 Å². The molecule has 0 aliphatic carbocycles. The van der Waals surface area contributed by atoms with E-state index in [4.69, 9.17) is 11.6 Å². The second kappa shape index (κ2) is 5.50. The first-order chi connectivity index (χ1) is 8.59. The maximum Gasteiger partial charge on any atom is 0.256 e. The fraction of sp³-hybridized carbons (Fsp3) is 0.0769. The molecule has 0 atom stereocenters. The number of pyridine rings is 1. The van der Waals surface area contributed by atoms with Crippen LogP contribution in [0.1, 0.15) is 15.9 Å². The average molecular weight is 326 g/mol. The number of hydrogen-bond donors (Lipinski definition) is 1. The van der Waals surface area contributed by atoms with E-state index in [1.54, 1.807) is 24.4 Å².